The second-order valence-corrected chi connectivity index (χ2v) is 3.97. The highest BCUT2D eigenvalue weighted by molar-refractivity contribution is 6.29. The quantitative estimate of drug-likeness (QED) is 0.644. The molecular weight excluding hydrogens is 254 g/mol. The number of hydrogen-bond donors (Lipinski definition) is 0. The molecule has 18 heavy (non-hydrogen) atoms. The number of hydrogen-bond acceptors (Lipinski definition) is 5. The predicted molar refractivity (Wildman–Crippen MR) is 72.2 cm³/mol. The minimum Gasteiger partial charge on any atom is -0.380 e. The van der Waals surface area contributed by atoms with E-state index in [1.807, 2.05) is 13.8 Å². The van der Waals surface area contributed by atoms with E-state index in [-0.39, 0.29) is 0 Å². The summed E-state index contributed by atoms with van der Waals surface area (Å²) < 4.78 is 10.7. The van der Waals surface area contributed by atoms with Crippen molar-refractivity contribution in [3.63, 3.8) is 0 Å². The molecule has 0 bridgehead atoms. The Balaban J connectivity index is 2.57. The van der Waals surface area contributed by atoms with Crippen LogP contribution in [0, 0.1) is 0 Å². The summed E-state index contributed by atoms with van der Waals surface area (Å²) in [5.41, 5.74) is 0. The van der Waals surface area contributed by atoms with Gasteiger partial charge in [0.15, 0.2) is 0 Å². The van der Waals surface area contributed by atoms with Gasteiger partial charge in [0.2, 0.25) is 0 Å². The van der Waals surface area contributed by atoms with E-state index in [2.05, 4.69) is 14.9 Å². The fraction of sp³-hybridized carbons (Fsp3) is 0.667. The molecule has 1 aromatic heterocycles. The van der Waals surface area contributed by atoms with Crippen molar-refractivity contribution in [3.8, 4) is 0 Å². The van der Waals surface area contributed by atoms with Gasteiger partial charge in [-0.2, -0.15) is 0 Å². The molecule has 0 N–H and O–H groups in total. The van der Waals surface area contributed by atoms with Crippen molar-refractivity contribution in [3.05, 3.63) is 17.5 Å². The number of anilines is 1. The van der Waals surface area contributed by atoms with Crippen molar-refractivity contribution in [2.24, 2.45) is 0 Å². The smallest absolute Gasteiger partial charge is 0.149 e. The lowest BCUT2D eigenvalue weighted by Gasteiger charge is -2.23. The Morgan fingerprint density at radius 3 is 2.22 bits per heavy atom. The van der Waals surface area contributed by atoms with E-state index in [1.165, 1.54) is 6.20 Å². The average Bonchev–Trinajstić information content (AvgIpc) is 2.37. The Hall–Kier alpha value is -0.910. The first-order valence-corrected chi connectivity index (χ1v) is 6.53. The minimum atomic E-state index is 0.394. The molecule has 1 rings (SSSR count). The third kappa shape index (κ3) is 5.62. The van der Waals surface area contributed by atoms with Crippen molar-refractivity contribution in [1.29, 1.82) is 0 Å². The molecule has 1 heterocycles. The monoisotopic (exact) mass is 273 g/mol. The summed E-state index contributed by atoms with van der Waals surface area (Å²) in [4.78, 5) is 10.4. The van der Waals surface area contributed by atoms with E-state index in [1.54, 1.807) is 6.20 Å². The van der Waals surface area contributed by atoms with Gasteiger partial charge >= 0.3 is 0 Å². The summed E-state index contributed by atoms with van der Waals surface area (Å²) in [5, 5.41) is 0.394. The first kappa shape index (κ1) is 15.1. The van der Waals surface area contributed by atoms with Gasteiger partial charge in [0.05, 0.1) is 25.6 Å². The molecule has 0 spiro atoms. The van der Waals surface area contributed by atoms with Crippen molar-refractivity contribution < 1.29 is 9.47 Å². The fourth-order valence-corrected chi connectivity index (χ4v) is 1.61. The van der Waals surface area contributed by atoms with Crippen LogP contribution in [0.3, 0.4) is 0 Å². The van der Waals surface area contributed by atoms with Gasteiger partial charge in [0, 0.05) is 26.3 Å². The van der Waals surface area contributed by atoms with Crippen LogP contribution in [-0.2, 0) is 9.47 Å². The Bertz CT molecular complexity index is 329. The predicted octanol–water partition coefficient (Wildman–Crippen LogP) is 2.01. The second kappa shape index (κ2) is 9.08. The summed E-state index contributed by atoms with van der Waals surface area (Å²) in [6.45, 7) is 8.16. The van der Waals surface area contributed by atoms with E-state index in [0.717, 1.165) is 18.9 Å². The van der Waals surface area contributed by atoms with Gasteiger partial charge in [-0.25, -0.2) is 4.98 Å². The van der Waals surface area contributed by atoms with Crippen molar-refractivity contribution in [1.82, 2.24) is 9.97 Å². The first-order chi connectivity index (χ1) is 8.77. The zero-order chi connectivity index (χ0) is 13.2. The summed E-state index contributed by atoms with van der Waals surface area (Å²) in [5.74, 6) is 0.752. The van der Waals surface area contributed by atoms with Crippen LogP contribution in [0.15, 0.2) is 12.4 Å². The van der Waals surface area contributed by atoms with Crippen molar-refractivity contribution in [2.45, 2.75) is 13.8 Å². The number of aromatic nitrogens is 2. The third-order valence-electron chi connectivity index (χ3n) is 2.34. The normalized spacial score (nSPS) is 10.6. The topological polar surface area (TPSA) is 47.5 Å². The zero-order valence-electron chi connectivity index (χ0n) is 10.9. The van der Waals surface area contributed by atoms with Gasteiger partial charge in [-0.3, -0.25) is 4.98 Å². The first-order valence-electron chi connectivity index (χ1n) is 6.15. The van der Waals surface area contributed by atoms with Gasteiger partial charge in [-0.05, 0) is 13.8 Å². The molecule has 0 amide bonds. The molecule has 0 aliphatic rings. The third-order valence-corrected chi connectivity index (χ3v) is 2.52. The fourth-order valence-electron chi connectivity index (χ4n) is 1.46. The molecule has 0 aromatic carbocycles. The van der Waals surface area contributed by atoms with E-state index in [0.29, 0.717) is 31.6 Å². The van der Waals surface area contributed by atoms with Gasteiger partial charge < -0.3 is 14.4 Å². The lowest BCUT2D eigenvalue weighted by molar-refractivity contribution is 0.141. The number of halogens is 1. The number of ether oxygens (including phenoxy) is 2. The summed E-state index contributed by atoms with van der Waals surface area (Å²) in [7, 11) is 0. The SMILES string of the molecule is CCOCCN(CCOCC)c1cncc(Cl)n1. The maximum atomic E-state index is 5.85. The molecule has 6 heteroatoms. The molecule has 0 atom stereocenters. The van der Waals surface area contributed by atoms with E-state index < -0.39 is 0 Å². The lowest BCUT2D eigenvalue weighted by Crippen LogP contribution is -2.32. The Morgan fingerprint density at radius 2 is 1.72 bits per heavy atom. The molecule has 102 valence electrons. The van der Waals surface area contributed by atoms with Crippen LogP contribution in [-0.4, -0.2) is 49.5 Å². The zero-order valence-corrected chi connectivity index (χ0v) is 11.7. The molecule has 0 aliphatic heterocycles. The van der Waals surface area contributed by atoms with Crippen LogP contribution in [0.25, 0.3) is 0 Å². The Morgan fingerprint density at radius 1 is 1.11 bits per heavy atom. The van der Waals surface area contributed by atoms with Crippen LogP contribution in [0.5, 0.6) is 0 Å². The van der Waals surface area contributed by atoms with Gasteiger partial charge in [0.1, 0.15) is 11.0 Å². The summed E-state index contributed by atoms with van der Waals surface area (Å²) >= 11 is 5.85. The molecule has 0 fully saturated rings. The standard InChI is InChI=1S/C12H20ClN3O2/c1-3-17-7-5-16(6-8-18-4-2)12-10-14-9-11(13)15-12/h9-10H,3-8H2,1-2H3. The summed E-state index contributed by atoms with van der Waals surface area (Å²) in [6, 6.07) is 0. The maximum Gasteiger partial charge on any atom is 0.149 e. The highest BCUT2D eigenvalue weighted by atomic mass is 35.5. The van der Waals surface area contributed by atoms with Gasteiger partial charge in [0.25, 0.3) is 0 Å². The molecule has 1 aromatic rings. The minimum absolute atomic E-state index is 0.394. The van der Waals surface area contributed by atoms with Gasteiger partial charge in [-0.1, -0.05) is 11.6 Å². The average molecular weight is 274 g/mol. The van der Waals surface area contributed by atoms with Crippen LogP contribution < -0.4 is 4.90 Å². The largest absolute Gasteiger partial charge is 0.380 e. The molecule has 0 saturated heterocycles. The molecule has 5 nitrogen and oxygen atoms in total. The van der Waals surface area contributed by atoms with Crippen LogP contribution >= 0.6 is 11.6 Å². The number of nitrogens with zero attached hydrogens (tertiary/aromatic N) is 3. The molecule has 0 radical (unpaired) electrons. The van der Waals surface area contributed by atoms with Crippen LogP contribution in [0.4, 0.5) is 5.82 Å². The molecule has 0 unspecified atom stereocenters. The van der Waals surface area contributed by atoms with Gasteiger partial charge in [-0.15, -0.1) is 0 Å². The van der Waals surface area contributed by atoms with E-state index >= 15 is 0 Å². The highest BCUT2D eigenvalue weighted by Crippen LogP contribution is 2.12. The highest BCUT2D eigenvalue weighted by Gasteiger charge is 2.08. The number of rotatable bonds is 9. The Labute approximate surface area is 113 Å². The molecule has 0 saturated carbocycles. The second-order valence-electron chi connectivity index (χ2n) is 3.58. The van der Waals surface area contributed by atoms with E-state index in [4.69, 9.17) is 21.1 Å². The summed E-state index contributed by atoms with van der Waals surface area (Å²) in [6.07, 6.45) is 3.22. The Kier molecular flexibility index (Phi) is 7.64. The maximum absolute atomic E-state index is 5.85. The van der Waals surface area contributed by atoms with Crippen LogP contribution in [0.1, 0.15) is 13.8 Å². The van der Waals surface area contributed by atoms with Crippen molar-refractivity contribution >= 4 is 17.4 Å². The van der Waals surface area contributed by atoms with E-state index in [9.17, 15) is 0 Å². The van der Waals surface area contributed by atoms with Crippen LogP contribution in [0.2, 0.25) is 5.15 Å². The molecular formula is C12H20ClN3O2. The lowest BCUT2D eigenvalue weighted by atomic mass is 10.4. The molecule has 0 aliphatic carbocycles. The van der Waals surface area contributed by atoms with Crippen molar-refractivity contribution in [2.75, 3.05) is 44.4 Å².